The zero-order chi connectivity index (χ0) is 23.1. The van der Waals surface area contributed by atoms with Crippen molar-refractivity contribution in [3.8, 4) is 0 Å². The fourth-order valence-corrected chi connectivity index (χ4v) is 5.97. The van der Waals surface area contributed by atoms with Crippen molar-refractivity contribution < 1.29 is 37.8 Å². The summed E-state index contributed by atoms with van der Waals surface area (Å²) in [7, 11) is 0. The van der Waals surface area contributed by atoms with Crippen LogP contribution in [0.1, 0.15) is 18.7 Å². The molecule has 0 spiro atoms. The van der Waals surface area contributed by atoms with Crippen molar-refractivity contribution in [2.24, 2.45) is 23.5 Å². The number of aromatic nitrogens is 3. The smallest absolute Gasteiger partial charge is 0.451 e. The lowest BCUT2D eigenvalue weighted by atomic mass is 9.89. The van der Waals surface area contributed by atoms with Gasteiger partial charge in [0.15, 0.2) is 0 Å². The van der Waals surface area contributed by atoms with Crippen LogP contribution in [0, 0.1) is 17.8 Å². The molecule has 2 saturated carbocycles. The number of aliphatic carboxylic acids is 2. The van der Waals surface area contributed by atoms with Crippen LogP contribution < -0.4 is 11.1 Å². The summed E-state index contributed by atoms with van der Waals surface area (Å²) >= 11 is 2.22. The number of carbonyl (C=O) groups excluding carboxylic acids is 1. The number of hydrogen-bond donors (Lipinski definition) is 5. The number of nitrogens with one attached hydrogen (secondary N) is 2. The standard InChI is InChI=1S/C16H20F3N5O5S2/c1-30-3-2-5(20)10(25)22-15(13(28)29)4-6(7-8(9(7)15)11(26)27)31-14-21-12(23-24-14)16(17,18)19/h5-9H,2-4,20H2,1H3,(H,22,25)(H,26,27)(H,28,29)(H,21,23,24)/t5?,6-,7+,8+,9+,15+/m1/s1. The van der Waals surface area contributed by atoms with Crippen molar-refractivity contribution >= 4 is 41.4 Å². The molecule has 1 heterocycles. The van der Waals surface area contributed by atoms with Gasteiger partial charge in [-0.3, -0.25) is 14.7 Å². The molecule has 6 N–H and O–H groups in total. The normalized spacial score (nSPS) is 30.5. The molecule has 1 aromatic heterocycles. The molecule has 1 aromatic rings. The summed E-state index contributed by atoms with van der Waals surface area (Å²) in [6, 6.07) is -0.974. The summed E-state index contributed by atoms with van der Waals surface area (Å²) in [4.78, 5) is 39.7. The van der Waals surface area contributed by atoms with Crippen LogP contribution in [0.3, 0.4) is 0 Å². The molecule has 3 rings (SSSR count). The predicted octanol–water partition coefficient (Wildman–Crippen LogP) is 0.655. The fourth-order valence-electron chi connectivity index (χ4n) is 4.13. The Morgan fingerprint density at radius 1 is 1.39 bits per heavy atom. The Kier molecular flexibility index (Phi) is 6.49. The van der Waals surface area contributed by atoms with E-state index in [1.807, 2.05) is 6.26 Å². The van der Waals surface area contributed by atoms with Crippen molar-refractivity contribution in [1.82, 2.24) is 20.5 Å². The number of rotatable bonds is 9. The maximum atomic E-state index is 12.7. The van der Waals surface area contributed by atoms with Gasteiger partial charge in [0.1, 0.15) is 5.54 Å². The zero-order valence-corrected chi connectivity index (χ0v) is 17.7. The minimum atomic E-state index is -4.74. The molecule has 1 unspecified atom stereocenters. The van der Waals surface area contributed by atoms with Crippen molar-refractivity contribution in [3.63, 3.8) is 0 Å². The Labute approximate surface area is 182 Å². The van der Waals surface area contributed by atoms with Crippen LogP contribution in [0.25, 0.3) is 0 Å². The van der Waals surface area contributed by atoms with Crippen LogP contribution in [0.2, 0.25) is 0 Å². The number of fused-ring (bicyclic) bond motifs is 1. The van der Waals surface area contributed by atoms with E-state index in [2.05, 4.69) is 15.4 Å². The monoisotopic (exact) mass is 483 g/mol. The van der Waals surface area contributed by atoms with Gasteiger partial charge >= 0.3 is 18.1 Å². The minimum Gasteiger partial charge on any atom is -0.481 e. The number of carboxylic acid groups (broad SMARTS) is 2. The molecule has 0 aromatic carbocycles. The minimum absolute atomic E-state index is 0.191. The van der Waals surface area contributed by atoms with E-state index in [0.29, 0.717) is 12.2 Å². The molecular weight excluding hydrogens is 463 g/mol. The number of aromatic amines is 1. The molecule has 31 heavy (non-hydrogen) atoms. The lowest BCUT2D eigenvalue weighted by Gasteiger charge is -2.31. The quantitative estimate of drug-likeness (QED) is 0.336. The lowest BCUT2D eigenvalue weighted by Crippen LogP contribution is -2.59. The molecule has 0 bridgehead atoms. The zero-order valence-electron chi connectivity index (χ0n) is 16.0. The van der Waals surface area contributed by atoms with E-state index < -0.39 is 64.4 Å². The average molecular weight is 483 g/mol. The largest absolute Gasteiger partial charge is 0.481 e. The maximum absolute atomic E-state index is 12.7. The average Bonchev–Trinajstić information content (AvgIpc) is 3.11. The number of nitrogens with zero attached hydrogens (tertiary/aromatic N) is 2. The maximum Gasteiger partial charge on any atom is 0.451 e. The van der Waals surface area contributed by atoms with Gasteiger partial charge in [-0.05, 0) is 30.8 Å². The molecule has 172 valence electrons. The molecular formula is C16H20F3N5O5S2. The first kappa shape index (κ1) is 23.7. The first-order valence-electron chi connectivity index (χ1n) is 9.11. The Balaban J connectivity index is 1.83. The van der Waals surface area contributed by atoms with E-state index in [0.717, 1.165) is 11.8 Å². The number of carboxylic acids is 2. The van der Waals surface area contributed by atoms with E-state index in [1.165, 1.54) is 11.8 Å². The first-order valence-corrected chi connectivity index (χ1v) is 11.4. The van der Waals surface area contributed by atoms with Gasteiger partial charge in [0, 0.05) is 11.2 Å². The topological polar surface area (TPSA) is 171 Å². The number of halogens is 3. The summed E-state index contributed by atoms with van der Waals surface area (Å²) in [5, 5.41) is 26.1. The molecule has 2 aliphatic carbocycles. The summed E-state index contributed by atoms with van der Waals surface area (Å²) in [5.41, 5.74) is 3.94. The Bertz CT molecular complexity index is 884. The lowest BCUT2D eigenvalue weighted by molar-refractivity contribution is -0.150. The molecule has 0 saturated heterocycles. The van der Waals surface area contributed by atoms with Gasteiger partial charge in [-0.25, -0.2) is 4.79 Å². The third-order valence-electron chi connectivity index (χ3n) is 5.57. The molecule has 2 aliphatic rings. The number of nitrogens with two attached hydrogens (primary N) is 1. The van der Waals surface area contributed by atoms with Crippen molar-refractivity contribution in [2.75, 3.05) is 12.0 Å². The van der Waals surface area contributed by atoms with Crippen molar-refractivity contribution in [3.05, 3.63) is 5.82 Å². The van der Waals surface area contributed by atoms with E-state index in [4.69, 9.17) is 5.73 Å². The van der Waals surface area contributed by atoms with Gasteiger partial charge in [0.05, 0.1) is 12.0 Å². The summed E-state index contributed by atoms with van der Waals surface area (Å²) < 4.78 is 38.2. The fraction of sp³-hybridized carbons (Fsp3) is 0.688. The summed E-state index contributed by atoms with van der Waals surface area (Å²) in [6.07, 6.45) is -2.81. The highest BCUT2D eigenvalue weighted by molar-refractivity contribution is 7.99. The SMILES string of the molecule is CSCCC(N)C(=O)N[C@@]1(C(=O)O)C[C@@H](Sc2n[nH]c(C(F)(F)F)n2)[C@H]2[C@H](C(=O)O)[C@H]21. The van der Waals surface area contributed by atoms with Gasteiger partial charge in [-0.2, -0.15) is 29.9 Å². The van der Waals surface area contributed by atoms with Crippen LogP contribution in [-0.4, -0.2) is 72.1 Å². The highest BCUT2D eigenvalue weighted by atomic mass is 32.2. The molecule has 0 aliphatic heterocycles. The van der Waals surface area contributed by atoms with Crippen LogP contribution in [-0.2, 0) is 20.6 Å². The van der Waals surface area contributed by atoms with Crippen molar-refractivity contribution in [1.29, 1.82) is 0 Å². The van der Waals surface area contributed by atoms with Gasteiger partial charge in [0.25, 0.3) is 0 Å². The van der Waals surface area contributed by atoms with E-state index in [-0.39, 0.29) is 11.6 Å². The Morgan fingerprint density at radius 2 is 2.06 bits per heavy atom. The second kappa shape index (κ2) is 8.50. The number of H-pyrrole nitrogens is 1. The van der Waals surface area contributed by atoms with Crippen LogP contribution in [0.15, 0.2) is 5.16 Å². The number of alkyl halides is 3. The van der Waals surface area contributed by atoms with Gasteiger partial charge in [0.2, 0.25) is 16.9 Å². The molecule has 6 atom stereocenters. The van der Waals surface area contributed by atoms with Gasteiger partial charge < -0.3 is 21.3 Å². The highest BCUT2D eigenvalue weighted by Crippen LogP contribution is 2.65. The summed E-state index contributed by atoms with van der Waals surface area (Å²) in [5.74, 6) is -6.76. The highest BCUT2D eigenvalue weighted by Gasteiger charge is 2.76. The molecule has 1 amide bonds. The second-order valence-electron chi connectivity index (χ2n) is 7.45. The molecule has 0 radical (unpaired) electrons. The first-order chi connectivity index (χ1) is 14.4. The van der Waals surface area contributed by atoms with E-state index >= 15 is 0 Å². The van der Waals surface area contributed by atoms with E-state index in [9.17, 15) is 37.8 Å². The summed E-state index contributed by atoms with van der Waals surface area (Å²) in [6.45, 7) is 0. The second-order valence-corrected chi connectivity index (χ2v) is 9.64. The van der Waals surface area contributed by atoms with Crippen molar-refractivity contribution in [2.45, 2.75) is 41.0 Å². The molecule has 10 nitrogen and oxygen atoms in total. The van der Waals surface area contributed by atoms with Gasteiger partial charge in [-0.15, -0.1) is 5.10 Å². The number of carbonyl (C=O) groups is 3. The third-order valence-corrected chi connectivity index (χ3v) is 7.39. The van der Waals surface area contributed by atoms with Crippen LogP contribution >= 0.6 is 23.5 Å². The van der Waals surface area contributed by atoms with Crippen LogP contribution in [0.5, 0.6) is 0 Å². The third kappa shape index (κ3) is 4.48. The number of amides is 1. The van der Waals surface area contributed by atoms with E-state index in [1.54, 1.807) is 5.10 Å². The van der Waals surface area contributed by atoms with Gasteiger partial charge in [-0.1, -0.05) is 11.8 Å². The number of thioether (sulfide) groups is 2. The molecule has 15 heteroatoms. The Morgan fingerprint density at radius 3 is 2.58 bits per heavy atom. The number of hydrogen-bond acceptors (Lipinski definition) is 8. The predicted molar refractivity (Wildman–Crippen MR) is 103 cm³/mol. The molecule has 2 fully saturated rings. The van der Waals surface area contributed by atoms with Crippen LogP contribution in [0.4, 0.5) is 13.2 Å². The Hall–Kier alpha value is -2.00.